The Hall–Kier alpha value is -1.14. The summed E-state index contributed by atoms with van der Waals surface area (Å²) in [4.78, 5) is 11.2. The average molecular weight is 324 g/mol. The molecular formula is C16H29N5S. The summed E-state index contributed by atoms with van der Waals surface area (Å²) < 4.78 is 0. The summed E-state index contributed by atoms with van der Waals surface area (Å²) in [5.41, 5.74) is 1.16. The number of aliphatic imine (C=N–C) groups is 1. The van der Waals surface area contributed by atoms with Gasteiger partial charge in [-0.3, -0.25) is 4.99 Å². The molecule has 1 aliphatic carbocycles. The van der Waals surface area contributed by atoms with E-state index in [0.29, 0.717) is 0 Å². The van der Waals surface area contributed by atoms with Crippen molar-refractivity contribution < 1.29 is 0 Å². The van der Waals surface area contributed by atoms with Crippen LogP contribution >= 0.6 is 11.3 Å². The maximum absolute atomic E-state index is 4.47. The first-order valence-electron chi connectivity index (χ1n) is 8.25. The first kappa shape index (κ1) is 17.2. The van der Waals surface area contributed by atoms with Crippen LogP contribution < -0.4 is 10.6 Å². The minimum absolute atomic E-state index is 0.782. The number of guanidine groups is 1. The molecule has 1 aromatic heterocycles. The first-order valence-corrected chi connectivity index (χ1v) is 9.12. The van der Waals surface area contributed by atoms with Crippen LogP contribution in [0.3, 0.4) is 0 Å². The number of rotatable bonds is 7. The molecule has 22 heavy (non-hydrogen) atoms. The van der Waals surface area contributed by atoms with Gasteiger partial charge in [-0.25, -0.2) is 4.98 Å². The van der Waals surface area contributed by atoms with Crippen LogP contribution in [-0.4, -0.2) is 55.6 Å². The van der Waals surface area contributed by atoms with Gasteiger partial charge >= 0.3 is 0 Å². The molecule has 5 nitrogen and oxygen atoms in total. The SMILES string of the molecule is CN=C(NCCc1csc(C)n1)NCCN(C)C1CCCC1. The molecule has 0 spiro atoms. The van der Waals surface area contributed by atoms with Crippen molar-refractivity contribution in [1.29, 1.82) is 0 Å². The second kappa shape index (κ2) is 9.10. The van der Waals surface area contributed by atoms with Crippen molar-refractivity contribution in [1.82, 2.24) is 20.5 Å². The van der Waals surface area contributed by atoms with Crippen molar-refractivity contribution in [3.05, 3.63) is 16.1 Å². The van der Waals surface area contributed by atoms with Crippen molar-refractivity contribution in [3.8, 4) is 0 Å². The quantitative estimate of drug-likeness (QED) is 0.595. The maximum Gasteiger partial charge on any atom is 0.191 e. The van der Waals surface area contributed by atoms with Crippen LogP contribution in [0.4, 0.5) is 0 Å². The normalized spacial score (nSPS) is 16.5. The number of hydrogen-bond acceptors (Lipinski definition) is 4. The van der Waals surface area contributed by atoms with E-state index in [9.17, 15) is 0 Å². The Morgan fingerprint density at radius 1 is 1.36 bits per heavy atom. The van der Waals surface area contributed by atoms with Crippen LogP contribution in [-0.2, 0) is 6.42 Å². The molecule has 0 atom stereocenters. The van der Waals surface area contributed by atoms with Gasteiger partial charge in [0.05, 0.1) is 10.7 Å². The highest BCUT2D eigenvalue weighted by Crippen LogP contribution is 2.21. The fourth-order valence-corrected chi connectivity index (χ4v) is 3.58. The zero-order chi connectivity index (χ0) is 15.8. The molecule has 0 amide bonds. The predicted octanol–water partition coefficient (Wildman–Crippen LogP) is 2.03. The Morgan fingerprint density at radius 2 is 2.09 bits per heavy atom. The summed E-state index contributed by atoms with van der Waals surface area (Å²) in [5.74, 6) is 0.881. The van der Waals surface area contributed by atoms with Crippen LogP contribution in [0, 0.1) is 6.92 Å². The standard InChI is InChI=1S/C16H29N5S/c1-13-20-14(12-22-13)8-9-18-16(17-2)19-10-11-21(3)15-6-4-5-7-15/h12,15H,4-11H2,1-3H3,(H2,17,18,19). The molecule has 1 saturated carbocycles. The van der Waals surface area contributed by atoms with E-state index in [4.69, 9.17) is 0 Å². The van der Waals surface area contributed by atoms with E-state index in [2.05, 4.69) is 37.9 Å². The average Bonchev–Trinajstić information content (AvgIpc) is 3.17. The van der Waals surface area contributed by atoms with Crippen molar-refractivity contribution in [2.24, 2.45) is 4.99 Å². The van der Waals surface area contributed by atoms with Gasteiger partial charge in [-0.1, -0.05) is 12.8 Å². The molecule has 1 heterocycles. The van der Waals surface area contributed by atoms with Gasteiger partial charge in [0.2, 0.25) is 0 Å². The van der Waals surface area contributed by atoms with E-state index in [1.54, 1.807) is 11.3 Å². The van der Waals surface area contributed by atoms with Crippen molar-refractivity contribution in [2.75, 3.05) is 33.7 Å². The van der Waals surface area contributed by atoms with Gasteiger partial charge in [0.15, 0.2) is 5.96 Å². The third kappa shape index (κ3) is 5.57. The van der Waals surface area contributed by atoms with Crippen molar-refractivity contribution in [2.45, 2.75) is 45.1 Å². The van der Waals surface area contributed by atoms with Crippen LogP contribution in [0.1, 0.15) is 36.4 Å². The summed E-state index contributed by atoms with van der Waals surface area (Å²) in [7, 11) is 4.06. The van der Waals surface area contributed by atoms with E-state index in [1.807, 2.05) is 14.0 Å². The summed E-state index contributed by atoms with van der Waals surface area (Å²) >= 11 is 1.71. The third-order valence-electron chi connectivity index (χ3n) is 4.27. The highest BCUT2D eigenvalue weighted by Gasteiger charge is 2.18. The highest BCUT2D eigenvalue weighted by atomic mass is 32.1. The summed E-state index contributed by atoms with van der Waals surface area (Å²) in [5, 5.41) is 10.0. The lowest BCUT2D eigenvalue weighted by Crippen LogP contribution is -2.43. The Labute approximate surface area is 138 Å². The van der Waals surface area contributed by atoms with Crippen LogP contribution in [0.25, 0.3) is 0 Å². The molecule has 1 aliphatic rings. The summed E-state index contributed by atoms with van der Waals surface area (Å²) in [6.45, 7) is 4.91. The zero-order valence-electron chi connectivity index (χ0n) is 14.1. The smallest absolute Gasteiger partial charge is 0.191 e. The lowest BCUT2D eigenvalue weighted by Gasteiger charge is -2.24. The number of hydrogen-bond donors (Lipinski definition) is 2. The van der Waals surface area contributed by atoms with Gasteiger partial charge in [0, 0.05) is 44.5 Å². The molecule has 0 aliphatic heterocycles. The van der Waals surface area contributed by atoms with Gasteiger partial charge < -0.3 is 15.5 Å². The Balaban J connectivity index is 1.60. The fraction of sp³-hybridized carbons (Fsp3) is 0.750. The van der Waals surface area contributed by atoms with E-state index in [1.165, 1.54) is 25.7 Å². The van der Waals surface area contributed by atoms with E-state index in [0.717, 1.165) is 48.8 Å². The molecule has 1 aromatic rings. The molecule has 2 N–H and O–H groups in total. The topological polar surface area (TPSA) is 52.6 Å². The highest BCUT2D eigenvalue weighted by molar-refractivity contribution is 7.09. The lowest BCUT2D eigenvalue weighted by atomic mass is 10.2. The molecule has 0 aromatic carbocycles. The zero-order valence-corrected chi connectivity index (χ0v) is 14.9. The molecule has 124 valence electrons. The number of likely N-dealkylation sites (N-methyl/N-ethyl adjacent to an activating group) is 1. The predicted molar refractivity (Wildman–Crippen MR) is 94.8 cm³/mol. The van der Waals surface area contributed by atoms with Crippen LogP contribution in [0.15, 0.2) is 10.4 Å². The number of thiazole rings is 1. The van der Waals surface area contributed by atoms with Gasteiger partial charge in [-0.15, -0.1) is 11.3 Å². The fourth-order valence-electron chi connectivity index (χ4n) is 2.93. The van der Waals surface area contributed by atoms with Gasteiger partial charge in [-0.2, -0.15) is 0 Å². The number of aromatic nitrogens is 1. The first-order chi connectivity index (χ1) is 10.7. The third-order valence-corrected chi connectivity index (χ3v) is 5.09. The Morgan fingerprint density at radius 3 is 2.73 bits per heavy atom. The second-order valence-electron chi connectivity index (χ2n) is 5.95. The number of nitrogens with zero attached hydrogens (tertiary/aromatic N) is 3. The maximum atomic E-state index is 4.47. The molecular weight excluding hydrogens is 294 g/mol. The number of aryl methyl sites for hydroxylation is 1. The van der Waals surface area contributed by atoms with Crippen LogP contribution in [0.5, 0.6) is 0 Å². The Kier molecular flexibility index (Phi) is 7.12. The van der Waals surface area contributed by atoms with Gasteiger partial charge in [-0.05, 0) is 26.8 Å². The molecule has 0 bridgehead atoms. The minimum atomic E-state index is 0.782. The molecule has 0 radical (unpaired) electrons. The van der Waals surface area contributed by atoms with Crippen LogP contribution in [0.2, 0.25) is 0 Å². The summed E-state index contributed by atoms with van der Waals surface area (Å²) in [6, 6.07) is 0.782. The molecule has 1 fully saturated rings. The molecule has 0 saturated heterocycles. The Bertz CT molecular complexity index is 465. The number of nitrogens with one attached hydrogen (secondary N) is 2. The minimum Gasteiger partial charge on any atom is -0.356 e. The molecule has 6 heteroatoms. The largest absolute Gasteiger partial charge is 0.356 e. The molecule has 2 rings (SSSR count). The monoisotopic (exact) mass is 323 g/mol. The van der Waals surface area contributed by atoms with E-state index < -0.39 is 0 Å². The molecule has 0 unspecified atom stereocenters. The van der Waals surface area contributed by atoms with E-state index >= 15 is 0 Å². The van der Waals surface area contributed by atoms with Crippen molar-refractivity contribution >= 4 is 17.3 Å². The summed E-state index contributed by atoms with van der Waals surface area (Å²) in [6.07, 6.45) is 6.43. The van der Waals surface area contributed by atoms with Gasteiger partial charge in [0.1, 0.15) is 0 Å². The van der Waals surface area contributed by atoms with Crippen molar-refractivity contribution in [3.63, 3.8) is 0 Å². The second-order valence-corrected chi connectivity index (χ2v) is 7.01. The lowest BCUT2D eigenvalue weighted by molar-refractivity contribution is 0.249. The van der Waals surface area contributed by atoms with Gasteiger partial charge in [0.25, 0.3) is 0 Å². The van der Waals surface area contributed by atoms with E-state index in [-0.39, 0.29) is 0 Å².